The van der Waals surface area contributed by atoms with Gasteiger partial charge < -0.3 is 10.5 Å². The quantitative estimate of drug-likeness (QED) is 0.840. The first-order valence-corrected chi connectivity index (χ1v) is 7.79. The summed E-state index contributed by atoms with van der Waals surface area (Å²) in [5, 5.41) is 4.43. The highest BCUT2D eigenvalue weighted by atomic mass is 35.5. The van der Waals surface area contributed by atoms with E-state index in [9.17, 15) is 8.42 Å². The number of nitrogens with zero attached hydrogens (tertiary/aromatic N) is 3. The van der Waals surface area contributed by atoms with E-state index in [0.717, 1.165) is 0 Å². The lowest BCUT2D eigenvalue weighted by Gasteiger charge is -2.31. The summed E-state index contributed by atoms with van der Waals surface area (Å²) in [5.41, 5.74) is 6.24. The van der Waals surface area contributed by atoms with Gasteiger partial charge in [-0.2, -0.15) is 9.40 Å². The number of aromatic nitrogens is 2. The molecule has 1 fully saturated rings. The molecule has 0 amide bonds. The summed E-state index contributed by atoms with van der Waals surface area (Å²) in [7, 11) is -3.53. The molecular formula is C11H21ClN4O3S. The number of morpholine rings is 1. The van der Waals surface area contributed by atoms with E-state index >= 15 is 0 Å². The van der Waals surface area contributed by atoms with Crippen LogP contribution in [-0.4, -0.2) is 54.8 Å². The summed E-state index contributed by atoms with van der Waals surface area (Å²) < 4.78 is 33.6. The number of aryl methyl sites for hydroxylation is 2. The molecule has 0 radical (unpaired) electrons. The third-order valence-corrected chi connectivity index (χ3v) is 5.00. The maximum absolute atomic E-state index is 12.6. The fraction of sp³-hybridized carbons (Fsp3) is 0.727. The molecule has 0 spiro atoms. The van der Waals surface area contributed by atoms with Gasteiger partial charge >= 0.3 is 0 Å². The Morgan fingerprint density at radius 3 is 2.85 bits per heavy atom. The first kappa shape index (κ1) is 17.4. The predicted octanol–water partition coefficient (Wildman–Crippen LogP) is -0.0186. The van der Waals surface area contributed by atoms with Gasteiger partial charge in [-0.15, -0.1) is 12.4 Å². The molecule has 0 aliphatic carbocycles. The van der Waals surface area contributed by atoms with E-state index in [1.54, 1.807) is 13.0 Å². The monoisotopic (exact) mass is 324 g/mol. The number of halogens is 1. The first-order chi connectivity index (χ1) is 8.98. The van der Waals surface area contributed by atoms with E-state index in [0.29, 0.717) is 38.5 Å². The van der Waals surface area contributed by atoms with Crippen LogP contribution in [0.25, 0.3) is 0 Å². The van der Waals surface area contributed by atoms with Crippen LogP contribution in [0.1, 0.15) is 12.6 Å². The second kappa shape index (κ2) is 6.86. The highest BCUT2D eigenvalue weighted by molar-refractivity contribution is 7.89. The summed E-state index contributed by atoms with van der Waals surface area (Å²) >= 11 is 0. The Bertz CT molecular complexity index is 546. The Labute approximate surface area is 125 Å². The van der Waals surface area contributed by atoms with Crippen LogP contribution in [0.5, 0.6) is 0 Å². The summed E-state index contributed by atoms with van der Waals surface area (Å²) in [5.74, 6) is 0. The Kier molecular flexibility index (Phi) is 5.96. The van der Waals surface area contributed by atoms with Crippen molar-refractivity contribution in [2.45, 2.75) is 31.5 Å². The van der Waals surface area contributed by atoms with Crippen molar-refractivity contribution in [1.82, 2.24) is 14.1 Å². The van der Waals surface area contributed by atoms with Gasteiger partial charge in [0.1, 0.15) is 0 Å². The minimum absolute atomic E-state index is 0. The van der Waals surface area contributed by atoms with Gasteiger partial charge in [-0.25, -0.2) is 8.42 Å². The van der Waals surface area contributed by atoms with Crippen LogP contribution in [0.2, 0.25) is 0 Å². The van der Waals surface area contributed by atoms with Crippen molar-refractivity contribution in [3.8, 4) is 0 Å². The van der Waals surface area contributed by atoms with Crippen LogP contribution in [0.3, 0.4) is 0 Å². The van der Waals surface area contributed by atoms with Crippen molar-refractivity contribution in [3.05, 3.63) is 11.8 Å². The van der Waals surface area contributed by atoms with E-state index < -0.39 is 10.0 Å². The summed E-state index contributed by atoms with van der Waals surface area (Å²) in [4.78, 5) is 0. The molecule has 1 aromatic heterocycles. The third-order valence-electron chi connectivity index (χ3n) is 3.13. The molecule has 1 aromatic rings. The van der Waals surface area contributed by atoms with Gasteiger partial charge in [-0.1, -0.05) is 0 Å². The predicted molar refractivity (Wildman–Crippen MR) is 77.4 cm³/mol. The molecule has 2 N–H and O–H groups in total. The first-order valence-electron chi connectivity index (χ1n) is 6.35. The highest BCUT2D eigenvalue weighted by Gasteiger charge is 2.32. The minimum atomic E-state index is -3.53. The maximum Gasteiger partial charge on any atom is 0.260 e. The van der Waals surface area contributed by atoms with E-state index in [4.69, 9.17) is 10.5 Å². The highest BCUT2D eigenvalue weighted by Crippen LogP contribution is 2.19. The fourth-order valence-corrected chi connectivity index (χ4v) is 3.84. The van der Waals surface area contributed by atoms with Crippen LogP contribution < -0.4 is 5.73 Å². The normalized spacial score (nSPS) is 20.6. The van der Waals surface area contributed by atoms with Crippen LogP contribution in [-0.2, 0) is 21.3 Å². The summed E-state index contributed by atoms with van der Waals surface area (Å²) in [6.07, 6.45) is -0.234. The number of hydrogen-bond donors (Lipinski definition) is 1. The number of rotatable bonds is 4. The number of ether oxygens (including phenoxy) is 1. The van der Waals surface area contributed by atoms with Gasteiger partial charge in [-0.05, 0) is 19.9 Å². The molecule has 0 bridgehead atoms. The van der Waals surface area contributed by atoms with Gasteiger partial charge in [-0.3, -0.25) is 4.68 Å². The molecule has 0 saturated carbocycles. The molecule has 0 aromatic carbocycles. The van der Waals surface area contributed by atoms with Crippen molar-refractivity contribution in [2.75, 3.05) is 26.2 Å². The zero-order valence-electron chi connectivity index (χ0n) is 11.7. The summed E-state index contributed by atoms with van der Waals surface area (Å²) in [6.45, 7) is 5.52. The molecule has 1 aliphatic heterocycles. The van der Waals surface area contributed by atoms with Gasteiger partial charge in [0, 0.05) is 26.2 Å². The van der Waals surface area contributed by atoms with Crippen LogP contribution in [0.15, 0.2) is 11.1 Å². The van der Waals surface area contributed by atoms with Crippen LogP contribution in [0.4, 0.5) is 0 Å². The molecule has 1 atom stereocenters. The number of sulfonamides is 1. The lowest BCUT2D eigenvalue weighted by molar-refractivity contribution is 0.00436. The van der Waals surface area contributed by atoms with E-state index in [1.165, 1.54) is 8.99 Å². The molecule has 7 nitrogen and oxygen atoms in total. The Hall–Kier alpha value is -0.670. The van der Waals surface area contributed by atoms with Gasteiger partial charge in [0.25, 0.3) is 10.0 Å². The van der Waals surface area contributed by atoms with Gasteiger partial charge in [0.05, 0.1) is 18.4 Å². The largest absolute Gasteiger partial charge is 0.374 e. The molecule has 2 heterocycles. The average molecular weight is 325 g/mol. The smallest absolute Gasteiger partial charge is 0.260 e. The SMILES string of the molecule is CCn1nc(C)cc1S(=O)(=O)N1CCOC(CN)C1.Cl. The molecule has 1 unspecified atom stereocenters. The molecule has 20 heavy (non-hydrogen) atoms. The number of nitrogens with two attached hydrogens (primary N) is 1. The Morgan fingerprint density at radius 2 is 2.25 bits per heavy atom. The van der Waals surface area contributed by atoms with E-state index in [-0.39, 0.29) is 23.5 Å². The lowest BCUT2D eigenvalue weighted by Crippen LogP contribution is -2.48. The zero-order chi connectivity index (χ0) is 14.0. The summed E-state index contributed by atoms with van der Waals surface area (Å²) in [6, 6.07) is 1.60. The van der Waals surface area contributed by atoms with Crippen molar-refractivity contribution in [2.24, 2.45) is 5.73 Å². The molecule has 1 aliphatic rings. The Morgan fingerprint density at radius 1 is 1.55 bits per heavy atom. The third kappa shape index (κ3) is 3.32. The van der Waals surface area contributed by atoms with Crippen molar-refractivity contribution in [3.63, 3.8) is 0 Å². The van der Waals surface area contributed by atoms with E-state index in [2.05, 4.69) is 5.10 Å². The van der Waals surface area contributed by atoms with Crippen molar-refractivity contribution < 1.29 is 13.2 Å². The van der Waals surface area contributed by atoms with Crippen molar-refractivity contribution in [1.29, 1.82) is 0 Å². The van der Waals surface area contributed by atoms with Crippen LogP contribution >= 0.6 is 12.4 Å². The molecule has 2 rings (SSSR count). The second-order valence-corrected chi connectivity index (χ2v) is 6.42. The number of hydrogen-bond acceptors (Lipinski definition) is 5. The average Bonchev–Trinajstić information content (AvgIpc) is 2.81. The Balaban J connectivity index is 0.00000200. The van der Waals surface area contributed by atoms with Gasteiger partial charge in [0.15, 0.2) is 5.03 Å². The minimum Gasteiger partial charge on any atom is -0.374 e. The molecular weight excluding hydrogens is 304 g/mol. The van der Waals surface area contributed by atoms with E-state index in [1.807, 2.05) is 6.92 Å². The lowest BCUT2D eigenvalue weighted by atomic mass is 10.3. The molecule has 9 heteroatoms. The topological polar surface area (TPSA) is 90.5 Å². The van der Waals surface area contributed by atoms with Crippen LogP contribution in [0, 0.1) is 6.92 Å². The second-order valence-electron chi connectivity index (χ2n) is 4.53. The maximum atomic E-state index is 12.6. The fourth-order valence-electron chi connectivity index (χ4n) is 2.14. The standard InChI is InChI=1S/C11H20N4O3S.ClH/c1-3-15-11(6-9(2)13-15)19(16,17)14-4-5-18-10(7-12)8-14;/h6,10H,3-5,7-8,12H2,1-2H3;1H. The van der Waals surface area contributed by atoms with Crippen molar-refractivity contribution >= 4 is 22.4 Å². The van der Waals surface area contributed by atoms with Gasteiger partial charge in [0.2, 0.25) is 0 Å². The molecule has 1 saturated heterocycles. The zero-order valence-corrected chi connectivity index (χ0v) is 13.3. The molecule has 116 valence electrons.